The Hall–Kier alpha value is -1.51. The molecule has 1 atom stereocenters. The molecule has 0 radical (unpaired) electrons. The van der Waals surface area contributed by atoms with Crippen molar-refractivity contribution >= 4 is 5.91 Å². The van der Waals surface area contributed by atoms with Crippen LogP contribution in [-0.4, -0.2) is 18.6 Å². The van der Waals surface area contributed by atoms with Gasteiger partial charge in [0.2, 0.25) is 5.91 Å². The molecular formula is C16H21NO2. The maximum Gasteiger partial charge on any atom is 0.220 e. The van der Waals surface area contributed by atoms with E-state index in [1.165, 1.54) is 36.8 Å². The number of nitrogens with one attached hydrogen (secondary N) is 1. The first kappa shape index (κ1) is 12.5. The number of hydrogen-bond donors (Lipinski definition) is 1. The number of ether oxygens (including phenoxy) is 1. The minimum Gasteiger partial charge on any atom is -0.490 e. The standard InChI is InChI=1S/C16H21NO2/c1-11-6-7-12(13-9-16(18)17-10-13)8-15(11)19-14-4-2-3-5-14/h6-8,13-14H,2-5,9-10H2,1H3,(H,17,18). The molecule has 1 saturated heterocycles. The fraction of sp³-hybridized carbons (Fsp3) is 0.562. The monoisotopic (exact) mass is 259 g/mol. The number of carbonyl (C=O) groups excluding carboxylic acids is 1. The van der Waals surface area contributed by atoms with Crippen LogP contribution in [0.25, 0.3) is 0 Å². The molecule has 102 valence electrons. The van der Waals surface area contributed by atoms with E-state index in [2.05, 4.69) is 30.4 Å². The predicted octanol–water partition coefficient (Wildman–Crippen LogP) is 2.92. The summed E-state index contributed by atoms with van der Waals surface area (Å²) in [7, 11) is 0. The van der Waals surface area contributed by atoms with E-state index in [4.69, 9.17) is 4.74 Å². The summed E-state index contributed by atoms with van der Waals surface area (Å²) in [4.78, 5) is 11.3. The van der Waals surface area contributed by atoms with Crippen LogP contribution in [0.1, 0.15) is 49.1 Å². The highest BCUT2D eigenvalue weighted by Gasteiger charge is 2.24. The Bertz CT molecular complexity index is 478. The first-order chi connectivity index (χ1) is 9.22. The molecule has 1 aromatic carbocycles. The number of carbonyl (C=O) groups is 1. The molecule has 0 bridgehead atoms. The highest BCUT2D eigenvalue weighted by atomic mass is 16.5. The van der Waals surface area contributed by atoms with Gasteiger partial charge in [-0.3, -0.25) is 4.79 Å². The van der Waals surface area contributed by atoms with Gasteiger partial charge in [0.1, 0.15) is 5.75 Å². The van der Waals surface area contributed by atoms with Gasteiger partial charge in [0.05, 0.1) is 6.10 Å². The number of aryl methyl sites for hydroxylation is 1. The number of rotatable bonds is 3. The third-order valence-corrected chi connectivity index (χ3v) is 4.26. The highest BCUT2D eigenvalue weighted by Crippen LogP contribution is 2.31. The van der Waals surface area contributed by atoms with Gasteiger partial charge < -0.3 is 10.1 Å². The highest BCUT2D eigenvalue weighted by molar-refractivity contribution is 5.79. The van der Waals surface area contributed by atoms with Gasteiger partial charge in [-0.15, -0.1) is 0 Å². The molecule has 1 amide bonds. The van der Waals surface area contributed by atoms with Crippen LogP contribution in [0.15, 0.2) is 18.2 Å². The minimum absolute atomic E-state index is 0.156. The van der Waals surface area contributed by atoms with Crippen molar-refractivity contribution < 1.29 is 9.53 Å². The van der Waals surface area contributed by atoms with E-state index in [0.29, 0.717) is 18.4 Å². The lowest BCUT2D eigenvalue weighted by Gasteiger charge is -2.17. The van der Waals surface area contributed by atoms with Crippen LogP contribution in [0.3, 0.4) is 0 Å². The number of benzene rings is 1. The fourth-order valence-corrected chi connectivity index (χ4v) is 3.02. The van der Waals surface area contributed by atoms with E-state index < -0.39 is 0 Å². The average molecular weight is 259 g/mol. The largest absolute Gasteiger partial charge is 0.490 e. The molecule has 1 unspecified atom stereocenters. The van der Waals surface area contributed by atoms with Crippen molar-refractivity contribution in [3.63, 3.8) is 0 Å². The SMILES string of the molecule is Cc1ccc(C2CNC(=O)C2)cc1OC1CCCC1. The zero-order valence-corrected chi connectivity index (χ0v) is 11.4. The lowest BCUT2D eigenvalue weighted by atomic mass is 9.97. The van der Waals surface area contributed by atoms with Gasteiger partial charge in [0.15, 0.2) is 0 Å². The molecule has 3 nitrogen and oxygen atoms in total. The van der Waals surface area contributed by atoms with Crippen molar-refractivity contribution in [2.45, 2.75) is 51.0 Å². The van der Waals surface area contributed by atoms with E-state index in [0.717, 1.165) is 12.3 Å². The summed E-state index contributed by atoms with van der Waals surface area (Å²) in [6.45, 7) is 2.84. The summed E-state index contributed by atoms with van der Waals surface area (Å²) in [5.41, 5.74) is 2.41. The van der Waals surface area contributed by atoms with Gasteiger partial charge in [-0.25, -0.2) is 0 Å². The molecule has 1 aromatic rings. The lowest BCUT2D eigenvalue weighted by Crippen LogP contribution is -2.14. The summed E-state index contributed by atoms with van der Waals surface area (Å²) < 4.78 is 6.13. The van der Waals surface area contributed by atoms with E-state index in [-0.39, 0.29) is 5.91 Å². The van der Waals surface area contributed by atoms with Crippen molar-refractivity contribution in [2.75, 3.05) is 6.54 Å². The Morgan fingerprint density at radius 1 is 1.26 bits per heavy atom. The molecular weight excluding hydrogens is 238 g/mol. The van der Waals surface area contributed by atoms with Crippen LogP contribution < -0.4 is 10.1 Å². The molecule has 0 spiro atoms. The summed E-state index contributed by atoms with van der Waals surface area (Å²) in [6, 6.07) is 6.38. The van der Waals surface area contributed by atoms with Crippen LogP contribution >= 0.6 is 0 Å². The summed E-state index contributed by atoms with van der Waals surface area (Å²) >= 11 is 0. The first-order valence-electron chi connectivity index (χ1n) is 7.26. The summed E-state index contributed by atoms with van der Waals surface area (Å²) in [5.74, 6) is 1.46. The fourth-order valence-electron chi connectivity index (χ4n) is 3.02. The molecule has 19 heavy (non-hydrogen) atoms. The Kier molecular flexibility index (Phi) is 3.45. The molecule has 1 N–H and O–H groups in total. The van der Waals surface area contributed by atoms with Crippen molar-refractivity contribution in [3.8, 4) is 5.75 Å². The van der Waals surface area contributed by atoms with E-state index in [9.17, 15) is 4.79 Å². The number of amides is 1. The van der Waals surface area contributed by atoms with Gasteiger partial charge in [0.25, 0.3) is 0 Å². The normalized spacial score (nSPS) is 23.6. The first-order valence-corrected chi connectivity index (χ1v) is 7.26. The maximum absolute atomic E-state index is 11.3. The van der Waals surface area contributed by atoms with Crippen LogP contribution in [0.4, 0.5) is 0 Å². The van der Waals surface area contributed by atoms with Crippen LogP contribution in [-0.2, 0) is 4.79 Å². The third kappa shape index (κ3) is 2.75. The topological polar surface area (TPSA) is 38.3 Å². The Labute approximate surface area is 114 Å². The molecule has 3 heteroatoms. The molecule has 1 aliphatic heterocycles. The van der Waals surface area contributed by atoms with E-state index in [1.54, 1.807) is 0 Å². The van der Waals surface area contributed by atoms with Crippen LogP contribution in [0.2, 0.25) is 0 Å². The van der Waals surface area contributed by atoms with Gasteiger partial charge in [0, 0.05) is 18.9 Å². The maximum atomic E-state index is 11.3. The second-order valence-corrected chi connectivity index (χ2v) is 5.75. The van der Waals surface area contributed by atoms with Gasteiger partial charge in [-0.05, 0) is 49.8 Å². The second kappa shape index (κ2) is 5.24. The quantitative estimate of drug-likeness (QED) is 0.906. The molecule has 1 aliphatic carbocycles. The Morgan fingerprint density at radius 2 is 2.05 bits per heavy atom. The average Bonchev–Trinajstić information content (AvgIpc) is 3.03. The molecule has 3 rings (SSSR count). The molecule has 1 heterocycles. The molecule has 1 saturated carbocycles. The van der Waals surface area contributed by atoms with E-state index in [1.807, 2.05) is 0 Å². The number of hydrogen-bond acceptors (Lipinski definition) is 2. The summed E-state index contributed by atoms with van der Waals surface area (Å²) in [6.07, 6.45) is 5.90. The Morgan fingerprint density at radius 3 is 2.74 bits per heavy atom. The van der Waals surface area contributed by atoms with Crippen molar-refractivity contribution in [2.24, 2.45) is 0 Å². The predicted molar refractivity (Wildman–Crippen MR) is 74.4 cm³/mol. The molecule has 0 aromatic heterocycles. The van der Waals surface area contributed by atoms with Gasteiger partial charge in [-0.2, -0.15) is 0 Å². The summed E-state index contributed by atoms with van der Waals surface area (Å²) in [5, 5.41) is 2.90. The van der Waals surface area contributed by atoms with Gasteiger partial charge >= 0.3 is 0 Å². The lowest BCUT2D eigenvalue weighted by molar-refractivity contribution is -0.119. The zero-order valence-electron chi connectivity index (χ0n) is 11.4. The van der Waals surface area contributed by atoms with Crippen molar-refractivity contribution in [1.29, 1.82) is 0 Å². The third-order valence-electron chi connectivity index (χ3n) is 4.26. The van der Waals surface area contributed by atoms with Crippen LogP contribution in [0, 0.1) is 6.92 Å². The minimum atomic E-state index is 0.156. The molecule has 2 aliphatic rings. The Balaban J connectivity index is 1.77. The zero-order chi connectivity index (χ0) is 13.2. The van der Waals surface area contributed by atoms with E-state index >= 15 is 0 Å². The molecule has 2 fully saturated rings. The second-order valence-electron chi connectivity index (χ2n) is 5.75. The smallest absolute Gasteiger partial charge is 0.220 e. The van der Waals surface area contributed by atoms with Crippen molar-refractivity contribution in [3.05, 3.63) is 29.3 Å². The van der Waals surface area contributed by atoms with Gasteiger partial charge in [-0.1, -0.05) is 12.1 Å². The van der Waals surface area contributed by atoms with Crippen molar-refractivity contribution in [1.82, 2.24) is 5.32 Å². The van der Waals surface area contributed by atoms with Crippen LogP contribution in [0.5, 0.6) is 5.75 Å².